The van der Waals surface area contributed by atoms with Gasteiger partial charge in [-0.1, -0.05) is 5.21 Å². The van der Waals surface area contributed by atoms with Gasteiger partial charge >= 0.3 is 6.09 Å². The molecule has 1 amide bonds. The molecule has 3 saturated heterocycles. The number of nitrogens with zero attached hydrogens (tertiary/aromatic N) is 6. The number of pyridine rings is 1. The van der Waals surface area contributed by atoms with Crippen molar-refractivity contribution in [1.82, 2.24) is 29.8 Å². The zero-order valence-corrected chi connectivity index (χ0v) is 23.4. The lowest BCUT2D eigenvalue weighted by molar-refractivity contribution is -0.0438. The smallest absolute Gasteiger partial charge is 0.410 e. The van der Waals surface area contributed by atoms with Crippen LogP contribution in [0.1, 0.15) is 52.0 Å². The molecule has 38 heavy (non-hydrogen) atoms. The zero-order chi connectivity index (χ0) is 26.6. The maximum Gasteiger partial charge on any atom is 0.410 e. The summed E-state index contributed by atoms with van der Waals surface area (Å²) >= 11 is 3.64. The molecule has 4 fully saturated rings. The maximum atomic E-state index is 14.3. The molecule has 0 spiro atoms. The Labute approximate surface area is 229 Å². The molecule has 4 aliphatic rings. The molecule has 2 bridgehead atoms. The normalized spacial score (nSPS) is 21.8. The highest BCUT2D eigenvalue weighted by Crippen LogP contribution is 2.38. The summed E-state index contributed by atoms with van der Waals surface area (Å²) in [6, 6.07) is 5.53. The molecule has 2 aromatic heterocycles. The number of carbonyl (C=O) groups excluding carboxylic acids is 1. The fourth-order valence-corrected chi connectivity index (χ4v) is 5.89. The highest BCUT2D eigenvalue weighted by molar-refractivity contribution is 9.10. The van der Waals surface area contributed by atoms with Crippen molar-refractivity contribution in [3.8, 4) is 11.6 Å². The number of rotatable bonds is 6. The lowest BCUT2D eigenvalue weighted by atomic mass is 9.90. The standard InChI is InChI=1S/C27H32BrFN6O3/c1-27(2,3)38-26(36)34-15-19-6-7-20(34)14-33(19)13-17-10-18(29)11-30-25(17)37-22-9-8-21-24(23(22)28)31-32-35(21)12-16-4-5-16/h8-11,16,19-20H,4-7,12-15H2,1-3H3. The summed E-state index contributed by atoms with van der Waals surface area (Å²) in [7, 11) is 0. The molecule has 2 atom stereocenters. The van der Waals surface area contributed by atoms with Gasteiger partial charge < -0.3 is 14.4 Å². The van der Waals surface area contributed by atoms with Gasteiger partial charge in [0, 0.05) is 43.8 Å². The van der Waals surface area contributed by atoms with E-state index in [1.54, 1.807) is 0 Å². The van der Waals surface area contributed by atoms with E-state index in [1.165, 1.54) is 25.1 Å². The van der Waals surface area contributed by atoms with Crippen LogP contribution < -0.4 is 4.74 Å². The fourth-order valence-electron chi connectivity index (χ4n) is 5.40. The van der Waals surface area contributed by atoms with Crippen molar-refractivity contribution < 1.29 is 18.7 Å². The molecule has 3 aromatic rings. The van der Waals surface area contributed by atoms with Crippen molar-refractivity contribution in [2.24, 2.45) is 5.92 Å². The van der Waals surface area contributed by atoms with Crippen LogP contribution in [0.3, 0.4) is 0 Å². The van der Waals surface area contributed by atoms with Crippen LogP contribution in [0.2, 0.25) is 0 Å². The quantitative estimate of drug-likeness (QED) is 0.376. The van der Waals surface area contributed by atoms with Crippen molar-refractivity contribution in [2.45, 2.75) is 77.2 Å². The molecule has 0 N–H and O–H groups in total. The largest absolute Gasteiger partial charge is 0.444 e. The molecule has 9 nitrogen and oxygen atoms in total. The number of amides is 1. The second kappa shape index (κ2) is 9.75. The number of fused-ring (bicyclic) bond motifs is 4. The molecule has 0 radical (unpaired) electrons. The fraction of sp³-hybridized carbons (Fsp3) is 0.556. The molecular weight excluding hydrogens is 555 g/mol. The number of hydrogen-bond acceptors (Lipinski definition) is 7. The van der Waals surface area contributed by atoms with E-state index in [-0.39, 0.29) is 18.2 Å². The first-order valence-electron chi connectivity index (χ1n) is 13.2. The zero-order valence-electron chi connectivity index (χ0n) is 21.9. The third kappa shape index (κ3) is 5.22. The number of benzene rings is 1. The minimum Gasteiger partial charge on any atom is -0.444 e. The van der Waals surface area contributed by atoms with E-state index in [4.69, 9.17) is 9.47 Å². The molecule has 7 rings (SSSR count). The molecule has 11 heteroatoms. The molecule has 202 valence electrons. The number of hydrogen-bond donors (Lipinski definition) is 0. The highest BCUT2D eigenvalue weighted by atomic mass is 79.9. The Morgan fingerprint density at radius 1 is 1.16 bits per heavy atom. The number of piperazine rings is 1. The lowest BCUT2D eigenvalue weighted by Crippen LogP contribution is -2.63. The predicted molar refractivity (Wildman–Crippen MR) is 142 cm³/mol. The van der Waals surface area contributed by atoms with E-state index < -0.39 is 11.4 Å². The van der Waals surface area contributed by atoms with E-state index >= 15 is 0 Å². The van der Waals surface area contributed by atoms with Crippen LogP contribution >= 0.6 is 15.9 Å². The Kier molecular flexibility index (Phi) is 6.54. The second-order valence-corrected chi connectivity index (χ2v) is 12.4. The van der Waals surface area contributed by atoms with Gasteiger partial charge in [-0.15, -0.1) is 5.10 Å². The van der Waals surface area contributed by atoms with Crippen molar-refractivity contribution in [1.29, 1.82) is 0 Å². The summed E-state index contributed by atoms with van der Waals surface area (Å²) < 4.78 is 28.8. The molecule has 1 saturated carbocycles. The molecule has 1 aromatic carbocycles. The van der Waals surface area contributed by atoms with Gasteiger partial charge in [-0.3, -0.25) is 4.90 Å². The number of halogens is 2. The second-order valence-electron chi connectivity index (χ2n) is 11.6. The van der Waals surface area contributed by atoms with Crippen LogP contribution in [-0.4, -0.2) is 66.6 Å². The van der Waals surface area contributed by atoms with E-state index in [9.17, 15) is 9.18 Å². The van der Waals surface area contributed by atoms with Gasteiger partial charge in [0.1, 0.15) is 22.7 Å². The summed E-state index contributed by atoms with van der Waals surface area (Å²) in [5, 5.41) is 8.68. The van der Waals surface area contributed by atoms with Crippen molar-refractivity contribution >= 4 is 33.1 Å². The van der Waals surface area contributed by atoms with Crippen LogP contribution in [0, 0.1) is 11.7 Å². The van der Waals surface area contributed by atoms with Crippen LogP contribution in [0.4, 0.5) is 9.18 Å². The third-order valence-electron chi connectivity index (χ3n) is 7.46. The SMILES string of the molecule is CC(C)(C)OC(=O)N1CC2CCC1CN2Cc1cc(F)cnc1Oc1ccc2c(nnn2CC2CC2)c1Br. The van der Waals surface area contributed by atoms with Crippen molar-refractivity contribution in [2.75, 3.05) is 13.1 Å². The van der Waals surface area contributed by atoms with Crippen LogP contribution in [0.15, 0.2) is 28.9 Å². The van der Waals surface area contributed by atoms with Crippen molar-refractivity contribution in [3.63, 3.8) is 0 Å². The predicted octanol–water partition coefficient (Wildman–Crippen LogP) is 5.51. The first-order chi connectivity index (χ1) is 18.1. The average Bonchev–Trinajstić information content (AvgIpc) is 3.59. The number of piperidine rings is 2. The van der Waals surface area contributed by atoms with Gasteiger partial charge in [-0.25, -0.2) is 18.9 Å². The van der Waals surface area contributed by atoms with Gasteiger partial charge in [0.25, 0.3) is 0 Å². The number of carbonyl (C=O) groups is 1. The highest BCUT2D eigenvalue weighted by Gasteiger charge is 2.42. The Bertz CT molecular complexity index is 1370. The Morgan fingerprint density at radius 2 is 1.95 bits per heavy atom. The van der Waals surface area contributed by atoms with Crippen LogP contribution in [0.5, 0.6) is 11.6 Å². The Morgan fingerprint density at radius 3 is 2.66 bits per heavy atom. The summed E-state index contributed by atoms with van der Waals surface area (Å²) in [5.41, 5.74) is 1.80. The summed E-state index contributed by atoms with van der Waals surface area (Å²) in [4.78, 5) is 21.2. The minimum atomic E-state index is -0.532. The Balaban J connectivity index is 1.19. The van der Waals surface area contributed by atoms with Gasteiger partial charge in [-0.2, -0.15) is 0 Å². The van der Waals surface area contributed by atoms with E-state index in [0.717, 1.165) is 30.4 Å². The van der Waals surface area contributed by atoms with Gasteiger partial charge in [-0.05, 0) is 86.5 Å². The van der Waals surface area contributed by atoms with E-state index in [1.807, 2.05) is 42.5 Å². The average molecular weight is 587 g/mol. The van der Waals surface area contributed by atoms with E-state index in [0.29, 0.717) is 47.2 Å². The van der Waals surface area contributed by atoms with Crippen LogP contribution in [0.25, 0.3) is 11.0 Å². The van der Waals surface area contributed by atoms with Crippen LogP contribution in [-0.2, 0) is 17.8 Å². The molecule has 2 unspecified atom stereocenters. The molecular formula is C27H32BrFN6O3. The van der Waals surface area contributed by atoms with Gasteiger partial charge in [0.15, 0.2) is 0 Å². The monoisotopic (exact) mass is 586 g/mol. The third-order valence-corrected chi connectivity index (χ3v) is 8.23. The lowest BCUT2D eigenvalue weighted by Gasteiger charge is -2.51. The maximum absolute atomic E-state index is 14.3. The number of aromatic nitrogens is 4. The Hall–Kier alpha value is -2.79. The molecule has 3 aliphatic heterocycles. The topological polar surface area (TPSA) is 85.6 Å². The van der Waals surface area contributed by atoms with Gasteiger partial charge in [0.05, 0.1) is 16.2 Å². The first-order valence-corrected chi connectivity index (χ1v) is 14.0. The summed E-state index contributed by atoms with van der Waals surface area (Å²) in [6.07, 6.45) is 5.28. The first kappa shape index (κ1) is 25.5. The number of ether oxygens (including phenoxy) is 2. The van der Waals surface area contributed by atoms with Gasteiger partial charge in [0.2, 0.25) is 5.88 Å². The summed E-state index contributed by atoms with van der Waals surface area (Å²) in [5.74, 6) is 1.17. The van der Waals surface area contributed by atoms with Crippen molar-refractivity contribution in [3.05, 3.63) is 40.2 Å². The summed E-state index contributed by atoms with van der Waals surface area (Å²) in [6.45, 7) is 8.27. The molecule has 1 aliphatic carbocycles. The minimum absolute atomic E-state index is 0.0653. The molecule has 5 heterocycles. The van der Waals surface area contributed by atoms with E-state index in [2.05, 4.69) is 36.1 Å².